The number of halogens is 3. The van der Waals surface area contributed by atoms with Crippen LogP contribution in [0.3, 0.4) is 0 Å². The molecular formula is C16H26Br3NO2S. The van der Waals surface area contributed by atoms with E-state index in [0.717, 1.165) is 25.7 Å². The average Bonchev–Trinajstić information content (AvgIpc) is 2.53. The molecule has 23 heavy (non-hydrogen) atoms. The summed E-state index contributed by atoms with van der Waals surface area (Å²) in [4.78, 5) is 0. The lowest BCUT2D eigenvalue weighted by Crippen LogP contribution is -2.60. The van der Waals surface area contributed by atoms with E-state index in [2.05, 4.69) is 53.1 Å². The Kier molecular flexibility index (Phi) is 6.26. The molecule has 0 bridgehead atoms. The molecule has 7 heteroatoms. The second kappa shape index (κ2) is 7.53. The van der Waals surface area contributed by atoms with Crippen LogP contribution in [0.4, 0.5) is 0 Å². The van der Waals surface area contributed by atoms with Crippen LogP contribution >= 0.6 is 47.8 Å². The summed E-state index contributed by atoms with van der Waals surface area (Å²) in [5.74, 6) is 0.903. The number of fused-ring (bicyclic) bond motifs is 1. The molecule has 0 aromatic heterocycles. The van der Waals surface area contributed by atoms with Gasteiger partial charge >= 0.3 is 0 Å². The third-order valence-electron chi connectivity index (χ3n) is 6.15. The normalized spacial score (nSPS) is 37.3. The molecule has 3 aliphatic rings. The van der Waals surface area contributed by atoms with E-state index in [4.69, 9.17) is 0 Å². The molecule has 1 saturated heterocycles. The minimum atomic E-state index is -3.33. The number of nitrogens with one attached hydrogen (secondary N) is 1. The molecular weight excluding hydrogens is 510 g/mol. The van der Waals surface area contributed by atoms with Crippen molar-refractivity contribution < 1.29 is 8.42 Å². The van der Waals surface area contributed by atoms with Crippen LogP contribution in [0.1, 0.15) is 64.2 Å². The summed E-state index contributed by atoms with van der Waals surface area (Å²) in [7, 11) is -3.33. The van der Waals surface area contributed by atoms with Gasteiger partial charge in [0.15, 0.2) is 9.84 Å². The molecule has 1 aliphatic heterocycles. The Hall–Kier alpha value is 1.35. The van der Waals surface area contributed by atoms with E-state index in [9.17, 15) is 8.42 Å². The second-order valence-corrected chi connectivity index (χ2v) is 18.1. The SMILES string of the molecule is O=S(=O)(C1CC(C2CCCCC2)NC2CCCCC21)C(Br)(Br)Br. The highest BCUT2D eigenvalue weighted by atomic mass is 80.0. The summed E-state index contributed by atoms with van der Waals surface area (Å²) >= 11 is 9.88. The first-order chi connectivity index (χ1) is 10.8. The fourth-order valence-electron chi connectivity index (χ4n) is 4.97. The number of hydrogen-bond donors (Lipinski definition) is 1. The molecule has 0 amide bonds. The van der Waals surface area contributed by atoms with Crippen LogP contribution in [-0.4, -0.2) is 27.2 Å². The van der Waals surface area contributed by atoms with Crippen molar-refractivity contribution in [2.45, 2.75) is 83.0 Å². The fraction of sp³-hybridized carbons (Fsp3) is 1.00. The van der Waals surface area contributed by atoms with E-state index in [1.54, 1.807) is 0 Å². The molecule has 3 fully saturated rings. The lowest BCUT2D eigenvalue weighted by atomic mass is 9.73. The van der Waals surface area contributed by atoms with Crippen molar-refractivity contribution in [3.8, 4) is 0 Å². The quantitative estimate of drug-likeness (QED) is 0.502. The Balaban J connectivity index is 1.85. The van der Waals surface area contributed by atoms with Gasteiger partial charge in [-0.1, -0.05) is 32.1 Å². The largest absolute Gasteiger partial charge is 0.311 e. The van der Waals surface area contributed by atoms with Gasteiger partial charge in [-0.15, -0.1) is 0 Å². The van der Waals surface area contributed by atoms with Crippen molar-refractivity contribution in [2.24, 2.45) is 11.8 Å². The van der Waals surface area contributed by atoms with E-state index in [-0.39, 0.29) is 11.2 Å². The summed E-state index contributed by atoms with van der Waals surface area (Å²) in [6, 6.07) is 0.739. The van der Waals surface area contributed by atoms with Gasteiger partial charge in [0.25, 0.3) is 0 Å². The van der Waals surface area contributed by atoms with Crippen LogP contribution in [0.25, 0.3) is 0 Å². The molecule has 3 nitrogen and oxygen atoms in total. The minimum Gasteiger partial charge on any atom is -0.311 e. The first-order valence-corrected chi connectivity index (χ1v) is 12.8. The molecule has 3 rings (SSSR count). The zero-order valence-corrected chi connectivity index (χ0v) is 18.9. The first-order valence-electron chi connectivity index (χ1n) is 8.87. The van der Waals surface area contributed by atoms with Crippen LogP contribution in [0.15, 0.2) is 0 Å². The Bertz CT molecular complexity index is 514. The number of hydrogen-bond acceptors (Lipinski definition) is 3. The molecule has 2 saturated carbocycles. The molecule has 0 aromatic rings. The molecule has 0 radical (unpaired) electrons. The smallest absolute Gasteiger partial charge is 0.235 e. The molecule has 4 atom stereocenters. The molecule has 2 aliphatic carbocycles. The van der Waals surface area contributed by atoms with Crippen molar-refractivity contribution in [3.63, 3.8) is 0 Å². The molecule has 134 valence electrons. The molecule has 1 N–H and O–H groups in total. The Morgan fingerprint density at radius 1 is 0.826 bits per heavy atom. The fourth-order valence-corrected chi connectivity index (χ4v) is 8.72. The van der Waals surface area contributed by atoms with Crippen LogP contribution < -0.4 is 5.32 Å². The van der Waals surface area contributed by atoms with Gasteiger partial charge in [0.05, 0.1) is 5.25 Å². The van der Waals surface area contributed by atoms with Gasteiger partial charge in [-0.25, -0.2) is 8.42 Å². The zero-order valence-electron chi connectivity index (χ0n) is 13.3. The highest BCUT2D eigenvalue weighted by molar-refractivity contribution is 9.42. The zero-order chi connectivity index (χ0) is 16.7. The number of sulfone groups is 1. The van der Waals surface area contributed by atoms with Crippen LogP contribution in [0.2, 0.25) is 0 Å². The highest BCUT2D eigenvalue weighted by Gasteiger charge is 2.51. The lowest BCUT2D eigenvalue weighted by molar-refractivity contribution is 0.133. The van der Waals surface area contributed by atoms with E-state index in [1.165, 1.54) is 38.5 Å². The maximum absolute atomic E-state index is 13.1. The summed E-state index contributed by atoms with van der Waals surface area (Å²) in [5.41, 5.74) is 0. The number of piperidine rings is 1. The first kappa shape index (κ1) is 19.1. The third-order valence-corrected chi connectivity index (χ3v) is 12.2. The van der Waals surface area contributed by atoms with E-state index < -0.39 is 11.3 Å². The molecule has 0 aromatic carbocycles. The van der Waals surface area contributed by atoms with Gasteiger partial charge in [-0.05, 0) is 91.7 Å². The van der Waals surface area contributed by atoms with Crippen molar-refractivity contribution in [2.75, 3.05) is 0 Å². The number of rotatable bonds is 2. The van der Waals surface area contributed by atoms with Crippen molar-refractivity contribution in [3.05, 3.63) is 0 Å². The van der Waals surface area contributed by atoms with E-state index >= 15 is 0 Å². The third kappa shape index (κ3) is 4.04. The Morgan fingerprint density at radius 2 is 1.43 bits per heavy atom. The molecule has 0 spiro atoms. The molecule has 1 heterocycles. The van der Waals surface area contributed by atoms with Crippen LogP contribution in [-0.2, 0) is 9.84 Å². The van der Waals surface area contributed by atoms with Gasteiger partial charge in [-0.3, -0.25) is 0 Å². The topological polar surface area (TPSA) is 46.2 Å². The van der Waals surface area contributed by atoms with Gasteiger partial charge in [-0.2, -0.15) is 0 Å². The maximum atomic E-state index is 13.1. The lowest BCUT2D eigenvalue weighted by Gasteiger charge is -2.48. The molecule has 4 unspecified atom stereocenters. The summed E-state index contributed by atoms with van der Waals surface area (Å²) in [5, 5.41) is 3.60. The van der Waals surface area contributed by atoms with Gasteiger partial charge in [0, 0.05) is 12.1 Å². The van der Waals surface area contributed by atoms with Crippen molar-refractivity contribution in [1.82, 2.24) is 5.32 Å². The predicted octanol–water partition coefficient (Wildman–Crippen LogP) is 5.07. The van der Waals surface area contributed by atoms with Crippen molar-refractivity contribution >= 4 is 57.6 Å². The highest BCUT2D eigenvalue weighted by Crippen LogP contribution is 2.48. The maximum Gasteiger partial charge on any atom is 0.235 e. The van der Waals surface area contributed by atoms with Crippen LogP contribution in [0, 0.1) is 11.8 Å². The van der Waals surface area contributed by atoms with Gasteiger partial charge < -0.3 is 5.32 Å². The van der Waals surface area contributed by atoms with E-state index in [0.29, 0.717) is 18.0 Å². The van der Waals surface area contributed by atoms with Gasteiger partial charge in [0.1, 0.15) is 0 Å². The second-order valence-electron chi connectivity index (χ2n) is 7.49. The van der Waals surface area contributed by atoms with Gasteiger partial charge in [0.2, 0.25) is 1.47 Å². The average molecular weight is 536 g/mol. The summed E-state index contributed by atoms with van der Waals surface area (Å²) in [6.07, 6.45) is 11.7. The predicted molar refractivity (Wildman–Crippen MR) is 106 cm³/mol. The Labute approximate surface area is 165 Å². The monoisotopic (exact) mass is 533 g/mol. The summed E-state index contributed by atoms with van der Waals surface area (Å²) < 4.78 is 25.1. The summed E-state index contributed by atoms with van der Waals surface area (Å²) in [6.45, 7) is 0. The Morgan fingerprint density at radius 3 is 2.09 bits per heavy atom. The minimum absolute atomic E-state index is 0.251. The standard InChI is InChI=1S/C16H26Br3NO2S/c17-16(18,19)23(21,22)15-10-14(11-6-2-1-3-7-11)20-13-9-5-4-8-12(13)15/h11-15,20H,1-10H2. The van der Waals surface area contributed by atoms with E-state index in [1.807, 2.05) is 0 Å². The van der Waals surface area contributed by atoms with Crippen LogP contribution in [0.5, 0.6) is 0 Å². The van der Waals surface area contributed by atoms with Crippen molar-refractivity contribution in [1.29, 1.82) is 0 Å². The number of alkyl halides is 3.